The van der Waals surface area contributed by atoms with Crippen LogP contribution in [0.15, 0.2) is 66.0 Å². The fraction of sp³-hybridized carbons (Fsp3) is 0.182. The summed E-state index contributed by atoms with van der Waals surface area (Å²) in [5.41, 5.74) is 2.33. The standard InChI is InChI=1S/C22H19ClN2O2S/c1-25-20(18-7-4-12-28-18)19(16-5-2-3-6-17(16)22(25)27)21(26)24-13-14-8-10-15(23)11-9-14/h2-12,19-20H,13H2,1H3,(H,24,26). The quantitative estimate of drug-likeness (QED) is 0.681. The van der Waals surface area contributed by atoms with Crippen LogP contribution in [0, 0.1) is 0 Å². The molecule has 0 saturated heterocycles. The Labute approximate surface area is 172 Å². The van der Waals surface area contributed by atoms with E-state index < -0.39 is 5.92 Å². The monoisotopic (exact) mass is 410 g/mol. The third-order valence-corrected chi connectivity index (χ3v) is 6.27. The van der Waals surface area contributed by atoms with Gasteiger partial charge in [0.15, 0.2) is 0 Å². The number of carbonyl (C=O) groups excluding carboxylic acids is 2. The van der Waals surface area contributed by atoms with Crippen LogP contribution in [0.1, 0.15) is 38.3 Å². The van der Waals surface area contributed by atoms with Crippen LogP contribution < -0.4 is 5.32 Å². The molecule has 3 aromatic rings. The van der Waals surface area contributed by atoms with Crippen LogP contribution in [0.3, 0.4) is 0 Å². The summed E-state index contributed by atoms with van der Waals surface area (Å²) in [5.74, 6) is -0.624. The second-order valence-electron chi connectivity index (χ2n) is 6.79. The predicted molar refractivity (Wildman–Crippen MR) is 112 cm³/mol. The maximum atomic E-state index is 13.3. The first kappa shape index (κ1) is 18.7. The Morgan fingerprint density at radius 3 is 2.57 bits per heavy atom. The van der Waals surface area contributed by atoms with Gasteiger partial charge in [-0.25, -0.2) is 0 Å². The average molecular weight is 411 g/mol. The number of hydrogen-bond acceptors (Lipinski definition) is 3. The van der Waals surface area contributed by atoms with E-state index in [2.05, 4.69) is 5.32 Å². The largest absolute Gasteiger partial charge is 0.351 e. The fourth-order valence-corrected chi connectivity index (χ4v) is 4.70. The number of thiophene rings is 1. The van der Waals surface area contributed by atoms with E-state index in [0.29, 0.717) is 17.1 Å². The van der Waals surface area contributed by atoms with E-state index in [4.69, 9.17) is 11.6 Å². The number of carbonyl (C=O) groups is 2. The van der Waals surface area contributed by atoms with Crippen LogP contribution in [0.5, 0.6) is 0 Å². The normalized spacial score (nSPS) is 18.6. The Morgan fingerprint density at radius 1 is 1.11 bits per heavy atom. The number of likely N-dealkylation sites (N-methyl/N-ethyl adjacent to an activating group) is 1. The van der Waals surface area contributed by atoms with Gasteiger partial charge < -0.3 is 10.2 Å². The topological polar surface area (TPSA) is 49.4 Å². The van der Waals surface area contributed by atoms with E-state index in [-0.39, 0.29) is 17.9 Å². The van der Waals surface area contributed by atoms with Gasteiger partial charge in [0, 0.05) is 29.1 Å². The SMILES string of the molecule is CN1C(=O)c2ccccc2C(C(=O)NCc2ccc(Cl)cc2)C1c1cccs1. The molecule has 4 rings (SSSR count). The molecule has 2 unspecified atom stereocenters. The summed E-state index contributed by atoms with van der Waals surface area (Å²) in [6.45, 7) is 0.406. The van der Waals surface area contributed by atoms with Gasteiger partial charge in [-0.3, -0.25) is 9.59 Å². The Hall–Kier alpha value is -2.63. The predicted octanol–water partition coefficient (Wildman–Crippen LogP) is 4.63. The highest BCUT2D eigenvalue weighted by Crippen LogP contribution is 2.43. The molecule has 4 nitrogen and oxygen atoms in total. The summed E-state index contributed by atoms with van der Waals surface area (Å²) in [4.78, 5) is 28.9. The lowest BCUT2D eigenvalue weighted by molar-refractivity contribution is -0.124. The molecule has 0 saturated carbocycles. The van der Waals surface area contributed by atoms with E-state index >= 15 is 0 Å². The van der Waals surface area contributed by atoms with Crippen molar-refractivity contribution < 1.29 is 9.59 Å². The molecule has 1 aromatic heterocycles. The van der Waals surface area contributed by atoms with Crippen molar-refractivity contribution in [3.63, 3.8) is 0 Å². The molecule has 0 bridgehead atoms. The van der Waals surface area contributed by atoms with Gasteiger partial charge in [-0.15, -0.1) is 11.3 Å². The van der Waals surface area contributed by atoms with Gasteiger partial charge in [-0.2, -0.15) is 0 Å². The van der Waals surface area contributed by atoms with E-state index in [1.165, 1.54) is 0 Å². The van der Waals surface area contributed by atoms with E-state index in [1.807, 2.05) is 47.8 Å². The molecule has 1 aliphatic heterocycles. The van der Waals surface area contributed by atoms with Gasteiger partial charge in [0.25, 0.3) is 5.91 Å². The number of hydrogen-bond donors (Lipinski definition) is 1. The minimum absolute atomic E-state index is 0.0595. The Bertz CT molecular complexity index is 1000. The summed E-state index contributed by atoms with van der Waals surface area (Å²) in [5, 5.41) is 5.67. The van der Waals surface area contributed by atoms with Crippen LogP contribution in [0.25, 0.3) is 0 Å². The average Bonchev–Trinajstić information content (AvgIpc) is 3.24. The van der Waals surface area contributed by atoms with Gasteiger partial charge in [-0.1, -0.05) is 48.0 Å². The third-order valence-electron chi connectivity index (χ3n) is 5.08. The second-order valence-corrected chi connectivity index (χ2v) is 8.20. The number of rotatable bonds is 4. The van der Waals surface area contributed by atoms with Gasteiger partial charge >= 0.3 is 0 Å². The molecule has 6 heteroatoms. The van der Waals surface area contributed by atoms with Gasteiger partial charge in [-0.05, 0) is 40.8 Å². The van der Waals surface area contributed by atoms with Crippen LogP contribution in [0.2, 0.25) is 5.02 Å². The summed E-state index contributed by atoms with van der Waals surface area (Å²) in [6, 6.07) is 18.4. The first-order valence-corrected chi connectivity index (χ1v) is 10.2. The first-order chi connectivity index (χ1) is 13.6. The third kappa shape index (κ3) is 3.43. The second kappa shape index (κ2) is 7.78. The number of amides is 2. The molecule has 28 heavy (non-hydrogen) atoms. The lowest BCUT2D eigenvalue weighted by Crippen LogP contribution is -2.45. The number of halogens is 1. The van der Waals surface area contributed by atoms with Crippen molar-refractivity contribution in [2.24, 2.45) is 0 Å². The smallest absolute Gasteiger partial charge is 0.254 e. The van der Waals surface area contributed by atoms with Crippen LogP contribution >= 0.6 is 22.9 Å². The molecular formula is C22H19ClN2O2S. The summed E-state index contributed by atoms with van der Waals surface area (Å²) >= 11 is 7.49. The number of nitrogens with one attached hydrogen (secondary N) is 1. The number of nitrogens with zero attached hydrogens (tertiary/aromatic N) is 1. The maximum absolute atomic E-state index is 13.3. The van der Waals surface area contributed by atoms with Crippen molar-refractivity contribution in [1.29, 1.82) is 0 Å². The van der Waals surface area contributed by atoms with Gasteiger partial charge in [0.1, 0.15) is 0 Å². The molecule has 2 aromatic carbocycles. The molecule has 0 aliphatic carbocycles. The molecule has 0 fully saturated rings. The first-order valence-electron chi connectivity index (χ1n) is 8.98. The maximum Gasteiger partial charge on any atom is 0.254 e. The van der Waals surface area contributed by atoms with Crippen LogP contribution in [-0.4, -0.2) is 23.8 Å². The van der Waals surface area contributed by atoms with Crippen LogP contribution in [0.4, 0.5) is 0 Å². The van der Waals surface area contributed by atoms with Gasteiger partial charge in [0.2, 0.25) is 5.91 Å². The van der Waals surface area contributed by atoms with E-state index in [1.54, 1.807) is 41.5 Å². The van der Waals surface area contributed by atoms with Crippen molar-refractivity contribution in [3.8, 4) is 0 Å². The lowest BCUT2D eigenvalue weighted by atomic mass is 9.81. The molecule has 2 heterocycles. The van der Waals surface area contributed by atoms with Crippen molar-refractivity contribution in [1.82, 2.24) is 10.2 Å². The molecule has 0 radical (unpaired) electrons. The van der Waals surface area contributed by atoms with Crippen molar-refractivity contribution in [2.45, 2.75) is 18.5 Å². The molecule has 142 valence electrons. The zero-order valence-corrected chi connectivity index (χ0v) is 16.8. The zero-order chi connectivity index (χ0) is 19.7. The molecule has 2 amide bonds. The molecule has 0 spiro atoms. The number of benzene rings is 2. The van der Waals surface area contributed by atoms with Crippen molar-refractivity contribution in [3.05, 3.63) is 92.6 Å². The van der Waals surface area contributed by atoms with Gasteiger partial charge in [0.05, 0.1) is 12.0 Å². The molecule has 2 atom stereocenters. The molecular weight excluding hydrogens is 392 g/mol. The summed E-state index contributed by atoms with van der Waals surface area (Å²) in [6.07, 6.45) is 0. The van der Waals surface area contributed by atoms with Crippen molar-refractivity contribution in [2.75, 3.05) is 7.05 Å². The fourth-order valence-electron chi connectivity index (χ4n) is 3.67. The van der Waals surface area contributed by atoms with E-state index in [9.17, 15) is 9.59 Å². The minimum Gasteiger partial charge on any atom is -0.351 e. The highest BCUT2D eigenvalue weighted by molar-refractivity contribution is 7.10. The van der Waals surface area contributed by atoms with Crippen LogP contribution in [-0.2, 0) is 11.3 Å². The Morgan fingerprint density at radius 2 is 1.86 bits per heavy atom. The molecule has 1 N–H and O–H groups in total. The van der Waals surface area contributed by atoms with E-state index in [0.717, 1.165) is 16.0 Å². The summed E-state index contributed by atoms with van der Waals surface area (Å²) in [7, 11) is 1.77. The summed E-state index contributed by atoms with van der Waals surface area (Å²) < 4.78 is 0. The van der Waals surface area contributed by atoms with Crippen molar-refractivity contribution >= 4 is 34.8 Å². The minimum atomic E-state index is -0.468. The molecule has 1 aliphatic rings. The Balaban J connectivity index is 1.68. The highest BCUT2D eigenvalue weighted by atomic mass is 35.5. The number of fused-ring (bicyclic) bond motifs is 1. The lowest BCUT2D eigenvalue weighted by Gasteiger charge is -2.39. The highest BCUT2D eigenvalue weighted by Gasteiger charge is 2.42. The Kier molecular flexibility index (Phi) is 5.20. The zero-order valence-electron chi connectivity index (χ0n) is 15.3.